The van der Waals surface area contributed by atoms with Crippen molar-refractivity contribution >= 4 is 0 Å². The third-order valence-corrected chi connectivity index (χ3v) is 1.24. The zero-order valence-corrected chi connectivity index (χ0v) is 7.52. The monoisotopic (exact) mass is 136 g/mol. The molecule has 0 saturated carbocycles. The quantitative estimate of drug-likeness (QED) is 0.346. The largest absolute Gasteiger partial charge is 1.00 e. The molecule has 1 nitrogen and oxygen atoms in total. The van der Waals surface area contributed by atoms with Crippen molar-refractivity contribution in [3.05, 3.63) is 6.42 Å². The maximum absolute atomic E-state index is 4.94. The summed E-state index contributed by atoms with van der Waals surface area (Å²) in [4.78, 5) is 0. The Kier molecular flexibility index (Phi) is 16.1. The molecule has 1 fully saturated rings. The summed E-state index contributed by atoms with van der Waals surface area (Å²) in [6.07, 6.45) is 5.88. The summed E-state index contributed by atoms with van der Waals surface area (Å²) in [7, 11) is 0. The fourth-order valence-corrected chi connectivity index (χ4v) is 0.510. The first-order chi connectivity index (χ1) is 4.41. The molecule has 0 atom stereocenters. The number of ether oxygens (including phenoxy) is 1. The van der Waals surface area contributed by atoms with Crippen LogP contribution in [0.4, 0.5) is 0 Å². The van der Waals surface area contributed by atoms with Crippen LogP contribution in [-0.2, 0) is 4.74 Å². The first-order valence-corrected chi connectivity index (χ1v) is 3.77. The van der Waals surface area contributed by atoms with E-state index in [9.17, 15) is 0 Å². The van der Waals surface area contributed by atoms with Gasteiger partial charge in [-0.1, -0.05) is 6.92 Å². The minimum Gasteiger partial charge on any atom is -0.381 e. The van der Waals surface area contributed by atoms with Gasteiger partial charge in [0.25, 0.3) is 0 Å². The van der Waals surface area contributed by atoms with Gasteiger partial charge in [-0.05, 0) is 12.8 Å². The summed E-state index contributed by atoms with van der Waals surface area (Å²) >= 11 is 0. The van der Waals surface area contributed by atoms with Gasteiger partial charge in [0.05, 0.1) is 0 Å². The average Bonchev–Trinajstić information content (AvgIpc) is 2.43. The summed E-state index contributed by atoms with van der Waals surface area (Å²) in [6.45, 7) is 6.18. The van der Waals surface area contributed by atoms with Crippen molar-refractivity contribution in [3.63, 3.8) is 0 Å². The maximum Gasteiger partial charge on any atom is 1.00 e. The van der Waals surface area contributed by atoms with E-state index < -0.39 is 0 Å². The second-order valence-corrected chi connectivity index (χ2v) is 2.14. The summed E-state index contributed by atoms with van der Waals surface area (Å²) in [5.41, 5.74) is 0. The van der Waals surface area contributed by atoms with Gasteiger partial charge >= 0.3 is 18.9 Å². The third-order valence-electron chi connectivity index (χ3n) is 1.24. The van der Waals surface area contributed by atoms with Gasteiger partial charge in [0, 0.05) is 13.2 Å². The molecule has 0 aliphatic carbocycles. The molecule has 1 aliphatic rings. The predicted molar refractivity (Wildman–Crippen MR) is 40.3 cm³/mol. The van der Waals surface area contributed by atoms with Gasteiger partial charge in [-0.15, -0.1) is 0 Å². The van der Waals surface area contributed by atoms with Gasteiger partial charge in [0.2, 0.25) is 0 Å². The van der Waals surface area contributed by atoms with Gasteiger partial charge in [-0.2, -0.15) is 13.3 Å². The van der Waals surface area contributed by atoms with Crippen molar-refractivity contribution in [2.75, 3.05) is 13.2 Å². The smallest absolute Gasteiger partial charge is 0.381 e. The Morgan fingerprint density at radius 3 is 1.80 bits per heavy atom. The van der Waals surface area contributed by atoms with Crippen LogP contribution in [0.1, 0.15) is 33.1 Å². The Morgan fingerprint density at radius 1 is 1.30 bits per heavy atom. The second kappa shape index (κ2) is 12.3. The molecule has 0 aromatic heterocycles. The molecule has 2 heteroatoms. The van der Waals surface area contributed by atoms with Crippen LogP contribution in [0.2, 0.25) is 0 Å². The molecule has 0 bridgehead atoms. The van der Waals surface area contributed by atoms with E-state index in [4.69, 9.17) is 4.74 Å². The SMILES string of the molecule is C1CCOC1.C[CH-]CC.[Li+]. The standard InChI is InChI=1S/C4H8O.C4H9.Li/c1-2-4-5-3-1;1-3-4-2;/h1-4H2;3H,4H2,1-2H3;/q;-1;+1. The number of unbranched alkanes of at least 4 members (excludes halogenated alkanes) is 1. The molecule has 10 heavy (non-hydrogen) atoms. The molecule has 0 amide bonds. The van der Waals surface area contributed by atoms with Crippen LogP contribution in [-0.4, -0.2) is 13.2 Å². The number of hydrogen-bond acceptors (Lipinski definition) is 1. The second-order valence-electron chi connectivity index (χ2n) is 2.14. The Morgan fingerprint density at radius 2 is 1.70 bits per heavy atom. The number of hydrogen-bond donors (Lipinski definition) is 0. The van der Waals surface area contributed by atoms with E-state index in [-0.39, 0.29) is 18.9 Å². The Bertz CT molecular complexity index is 34.9. The van der Waals surface area contributed by atoms with E-state index in [0.29, 0.717) is 0 Å². The minimum absolute atomic E-state index is 0. The molecule has 0 unspecified atom stereocenters. The van der Waals surface area contributed by atoms with Crippen molar-refractivity contribution in [1.29, 1.82) is 0 Å². The molecule has 1 heterocycles. The molecular formula is C8H17LiO. The van der Waals surface area contributed by atoms with Gasteiger partial charge in [-0.25, -0.2) is 0 Å². The van der Waals surface area contributed by atoms with Crippen molar-refractivity contribution < 1.29 is 23.6 Å². The fraction of sp³-hybridized carbons (Fsp3) is 0.875. The molecule has 0 aromatic rings. The topological polar surface area (TPSA) is 9.23 Å². The van der Waals surface area contributed by atoms with Crippen LogP contribution < -0.4 is 18.9 Å². The minimum atomic E-state index is 0. The van der Waals surface area contributed by atoms with E-state index in [2.05, 4.69) is 20.3 Å². The summed E-state index contributed by atoms with van der Waals surface area (Å²) in [5.74, 6) is 0. The first kappa shape index (κ1) is 13.2. The molecule has 0 radical (unpaired) electrons. The molecule has 1 aliphatic heterocycles. The van der Waals surface area contributed by atoms with Crippen molar-refractivity contribution in [2.45, 2.75) is 33.1 Å². The normalized spacial score (nSPS) is 15.0. The zero-order chi connectivity index (χ0) is 6.95. The summed E-state index contributed by atoms with van der Waals surface area (Å²) < 4.78 is 4.94. The van der Waals surface area contributed by atoms with Gasteiger partial charge in [0.1, 0.15) is 0 Å². The Hall–Kier alpha value is 0.557. The van der Waals surface area contributed by atoms with Crippen molar-refractivity contribution in [3.8, 4) is 0 Å². The molecule has 1 saturated heterocycles. The average molecular weight is 136 g/mol. The molecule has 0 N–H and O–H groups in total. The summed E-state index contributed by atoms with van der Waals surface area (Å²) in [6, 6.07) is 0. The van der Waals surface area contributed by atoms with E-state index >= 15 is 0 Å². The van der Waals surface area contributed by atoms with Crippen molar-refractivity contribution in [2.24, 2.45) is 0 Å². The molecule has 56 valence electrons. The Labute approximate surface area is 76.7 Å². The molecule has 1 rings (SSSR count). The molecule has 0 aromatic carbocycles. The summed E-state index contributed by atoms with van der Waals surface area (Å²) in [5, 5.41) is 0. The van der Waals surface area contributed by atoms with Crippen LogP contribution in [0.15, 0.2) is 0 Å². The van der Waals surface area contributed by atoms with Gasteiger partial charge in [0.15, 0.2) is 0 Å². The van der Waals surface area contributed by atoms with E-state index in [0.717, 1.165) is 13.2 Å². The van der Waals surface area contributed by atoms with Crippen LogP contribution in [0.3, 0.4) is 0 Å². The van der Waals surface area contributed by atoms with Gasteiger partial charge in [-0.3, -0.25) is 0 Å². The maximum atomic E-state index is 4.94. The van der Waals surface area contributed by atoms with Crippen LogP contribution in [0.25, 0.3) is 0 Å². The molecular weight excluding hydrogens is 119 g/mol. The van der Waals surface area contributed by atoms with E-state index in [1.807, 2.05) is 0 Å². The predicted octanol–water partition coefficient (Wildman–Crippen LogP) is -0.579. The first-order valence-electron chi connectivity index (χ1n) is 3.77. The number of rotatable bonds is 1. The van der Waals surface area contributed by atoms with Crippen LogP contribution in [0, 0.1) is 6.42 Å². The van der Waals surface area contributed by atoms with Crippen molar-refractivity contribution in [1.82, 2.24) is 0 Å². The Balaban J connectivity index is 0. The third kappa shape index (κ3) is 11.4. The van der Waals surface area contributed by atoms with Gasteiger partial charge < -0.3 is 11.2 Å². The molecule has 0 spiro atoms. The van der Waals surface area contributed by atoms with Crippen LogP contribution in [0.5, 0.6) is 0 Å². The van der Waals surface area contributed by atoms with Crippen LogP contribution >= 0.6 is 0 Å². The fourth-order valence-electron chi connectivity index (χ4n) is 0.510. The van der Waals surface area contributed by atoms with E-state index in [1.165, 1.54) is 19.3 Å². The zero-order valence-electron chi connectivity index (χ0n) is 7.52. The van der Waals surface area contributed by atoms with E-state index in [1.54, 1.807) is 0 Å².